The SMILES string of the molecule is COc1ccc(OS(=O)(=O)c2ccc(C)cc2)c([C@@H]2OC(C)O[C@H]2C)c1. The fourth-order valence-electron chi connectivity index (χ4n) is 2.87. The Morgan fingerprint density at radius 2 is 1.69 bits per heavy atom. The molecule has 2 aromatic rings. The summed E-state index contributed by atoms with van der Waals surface area (Å²) >= 11 is 0. The summed E-state index contributed by atoms with van der Waals surface area (Å²) in [6.45, 7) is 5.55. The van der Waals surface area contributed by atoms with E-state index in [9.17, 15) is 8.42 Å². The number of methoxy groups -OCH3 is 1. The van der Waals surface area contributed by atoms with E-state index < -0.39 is 16.2 Å². The molecule has 1 aliphatic heterocycles. The minimum atomic E-state index is -3.97. The summed E-state index contributed by atoms with van der Waals surface area (Å²) in [5.41, 5.74) is 1.53. The van der Waals surface area contributed by atoms with Gasteiger partial charge in [0.2, 0.25) is 0 Å². The largest absolute Gasteiger partial charge is 0.497 e. The third kappa shape index (κ3) is 3.85. The molecular weight excluding hydrogens is 356 g/mol. The molecule has 1 fully saturated rings. The summed E-state index contributed by atoms with van der Waals surface area (Å²) in [5.74, 6) is 0.774. The average Bonchev–Trinajstić information content (AvgIpc) is 2.93. The Labute approximate surface area is 153 Å². The van der Waals surface area contributed by atoms with Crippen LogP contribution in [0.5, 0.6) is 11.5 Å². The number of ether oxygens (including phenoxy) is 3. The molecule has 0 aromatic heterocycles. The van der Waals surface area contributed by atoms with Crippen molar-refractivity contribution in [2.75, 3.05) is 7.11 Å². The first-order valence-electron chi connectivity index (χ1n) is 8.30. The van der Waals surface area contributed by atoms with Gasteiger partial charge >= 0.3 is 10.1 Å². The molecule has 1 saturated heterocycles. The Balaban J connectivity index is 1.98. The van der Waals surface area contributed by atoms with Crippen molar-refractivity contribution in [3.8, 4) is 11.5 Å². The van der Waals surface area contributed by atoms with E-state index in [2.05, 4.69) is 0 Å². The zero-order chi connectivity index (χ0) is 18.9. The van der Waals surface area contributed by atoms with Crippen LogP contribution in [0.1, 0.15) is 31.1 Å². The van der Waals surface area contributed by atoms with Crippen molar-refractivity contribution in [3.63, 3.8) is 0 Å². The molecule has 26 heavy (non-hydrogen) atoms. The highest BCUT2D eigenvalue weighted by molar-refractivity contribution is 7.87. The molecule has 1 unspecified atom stereocenters. The highest BCUT2D eigenvalue weighted by Crippen LogP contribution is 2.39. The molecule has 0 aliphatic carbocycles. The third-order valence-corrected chi connectivity index (χ3v) is 5.45. The van der Waals surface area contributed by atoms with Crippen LogP contribution in [0.2, 0.25) is 0 Å². The highest BCUT2D eigenvalue weighted by atomic mass is 32.2. The van der Waals surface area contributed by atoms with Gasteiger partial charge in [-0.1, -0.05) is 17.7 Å². The molecule has 3 atom stereocenters. The first-order chi connectivity index (χ1) is 12.3. The summed E-state index contributed by atoms with van der Waals surface area (Å²) < 4.78 is 47.4. The maximum Gasteiger partial charge on any atom is 0.339 e. The molecule has 0 spiro atoms. The van der Waals surface area contributed by atoms with Crippen molar-refractivity contribution < 1.29 is 26.8 Å². The van der Waals surface area contributed by atoms with Crippen LogP contribution in [0, 0.1) is 6.92 Å². The lowest BCUT2D eigenvalue weighted by atomic mass is 10.0. The molecule has 1 aliphatic rings. The topological polar surface area (TPSA) is 71.1 Å². The second kappa shape index (κ2) is 7.26. The fraction of sp³-hybridized carbons (Fsp3) is 0.368. The van der Waals surface area contributed by atoms with Crippen LogP contribution in [0.4, 0.5) is 0 Å². The molecule has 6 nitrogen and oxygen atoms in total. The molecule has 0 N–H and O–H groups in total. The minimum absolute atomic E-state index is 0.0925. The van der Waals surface area contributed by atoms with Crippen LogP contribution in [-0.4, -0.2) is 27.9 Å². The first kappa shape index (κ1) is 18.7. The Kier molecular flexibility index (Phi) is 5.22. The van der Waals surface area contributed by atoms with Crippen LogP contribution in [0.25, 0.3) is 0 Å². The van der Waals surface area contributed by atoms with Gasteiger partial charge in [0.05, 0.1) is 13.2 Å². The normalized spacial score (nSPS) is 23.0. The van der Waals surface area contributed by atoms with Crippen LogP contribution in [-0.2, 0) is 19.6 Å². The van der Waals surface area contributed by atoms with Gasteiger partial charge in [0.1, 0.15) is 22.5 Å². The van der Waals surface area contributed by atoms with E-state index in [1.54, 1.807) is 44.4 Å². The second-order valence-corrected chi connectivity index (χ2v) is 7.77. The number of hydrogen-bond acceptors (Lipinski definition) is 6. The number of hydrogen-bond donors (Lipinski definition) is 0. The monoisotopic (exact) mass is 378 g/mol. The fourth-order valence-corrected chi connectivity index (χ4v) is 3.83. The van der Waals surface area contributed by atoms with Gasteiger partial charge in [-0.2, -0.15) is 8.42 Å². The maximum atomic E-state index is 12.7. The molecule has 140 valence electrons. The van der Waals surface area contributed by atoms with Crippen molar-refractivity contribution in [2.45, 2.75) is 44.2 Å². The molecule has 0 radical (unpaired) electrons. The predicted octanol–water partition coefficient (Wildman–Crippen LogP) is 3.59. The van der Waals surface area contributed by atoms with Crippen LogP contribution in [0.3, 0.4) is 0 Å². The van der Waals surface area contributed by atoms with Crippen LogP contribution >= 0.6 is 0 Å². The van der Waals surface area contributed by atoms with E-state index in [0.29, 0.717) is 11.3 Å². The van der Waals surface area contributed by atoms with Gasteiger partial charge in [-0.3, -0.25) is 0 Å². The molecule has 0 bridgehead atoms. The molecule has 0 amide bonds. The third-order valence-electron chi connectivity index (χ3n) is 4.20. The van der Waals surface area contributed by atoms with Crippen molar-refractivity contribution in [2.24, 2.45) is 0 Å². The van der Waals surface area contributed by atoms with Crippen molar-refractivity contribution in [1.82, 2.24) is 0 Å². The summed E-state index contributed by atoms with van der Waals surface area (Å²) in [5, 5.41) is 0. The summed E-state index contributed by atoms with van der Waals surface area (Å²) in [4.78, 5) is 0.0925. The number of rotatable bonds is 5. The molecule has 2 aromatic carbocycles. The first-order valence-corrected chi connectivity index (χ1v) is 9.71. The lowest BCUT2D eigenvalue weighted by molar-refractivity contribution is -0.0495. The standard InChI is InChI=1S/C19H22O6S/c1-12-5-8-16(9-6-12)26(20,21)25-18-10-7-15(22-4)11-17(18)19-13(2)23-14(3)24-19/h5-11,13-14,19H,1-4H3/t13-,14?,19+/m0/s1. The Morgan fingerprint density at radius 1 is 1.00 bits per heavy atom. The highest BCUT2D eigenvalue weighted by Gasteiger charge is 2.35. The van der Waals surface area contributed by atoms with Crippen molar-refractivity contribution >= 4 is 10.1 Å². The van der Waals surface area contributed by atoms with Crippen molar-refractivity contribution in [3.05, 3.63) is 53.6 Å². The van der Waals surface area contributed by atoms with E-state index in [-0.39, 0.29) is 23.0 Å². The molecule has 1 heterocycles. The Morgan fingerprint density at radius 3 is 2.27 bits per heavy atom. The summed E-state index contributed by atoms with van der Waals surface area (Å²) in [6, 6.07) is 11.4. The number of aryl methyl sites for hydroxylation is 1. The van der Waals surface area contributed by atoms with E-state index in [1.165, 1.54) is 12.1 Å². The molecule has 3 rings (SSSR count). The van der Waals surface area contributed by atoms with Gasteiger partial charge in [-0.05, 0) is 51.1 Å². The average molecular weight is 378 g/mol. The Bertz CT molecular complexity index is 875. The van der Waals surface area contributed by atoms with E-state index in [1.807, 2.05) is 13.8 Å². The summed E-state index contributed by atoms with van der Waals surface area (Å²) in [7, 11) is -2.43. The smallest absolute Gasteiger partial charge is 0.339 e. The zero-order valence-electron chi connectivity index (χ0n) is 15.1. The van der Waals surface area contributed by atoms with Gasteiger partial charge in [-0.25, -0.2) is 0 Å². The predicted molar refractivity (Wildman–Crippen MR) is 95.8 cm³/mol. The second-order valence-electron chi connectivity index (χ2n) is 6.22. The van der Waals surface area contributed by atoms with Gasteiger partial charge in [-0.15, -0.1) is 0 Å². The zero-order valence-corrected chi connectivity index (χ0v) is 15.9. The van der Waals surface area contributed by atoms with Gasteiger partial charge in [0.15, 0.2) is 6.29 Å². The van der Waals surface area contributed by atoms with E-state index in [4.69, 9.17) is 18.4 Å². The molecule has 0 saturated carbocycles. The summed E-state index contributed by atoms with van der Waals surface area (Å²) in [6.07, 6.45) is -1.09. The lowest BCUT2D eigenvalue weighted by Gasteiger charge is -2.18. The van der Waals surface area contributed by atoms with Gasteiger partial charge in [0, 0.05) is 5.56 Å². The Hall–Kier alpha value is -2.09. The van der Waals surface area contributed by atoms with Gasteiger partial charge < -0.3 is 18.4 Å². The quantitative estimate of drug-likeness (QED) is 0.741. The van der Waals surface area contributed by atoms with E-state index in [0.717, 1.165) is 5.56 Å². The minimum Gasteiger partial charge on any atom is -0.497 e. The molecule has 7 heteroatoms. The lowest BCUT2D eigenvalue weighted by Crippen LogP contribution is -2.15. The van der Waals surface area contributed by atoms with Gasteiger partial charge in [0.25, 0.3) is 0 Å². The maximum absolute atomic E-state index is 12.7. The van der Waals surface area contributed by atoms with Crippen LogP contribution in [0.15, 0.2) is 47.4 Å². The van der Waals surface area contributed by atoms with Crippen LogP contribution < -0.4 is 8.92 Å². The van der Waals surface area contributed by atoms with Crippen molar-refractivity contribution in [1.29, 1.82) is 0 Å². The molecular formula is C19H22O6S. The number of benzene rings is 2. The van der Waals surface area contributed by atoms with E-state index >= 15 is 0 Å².